The SMILES string of the molecule is CC[C@@H](C)NS(=O)(=O)c1ccc(C(=O)Nc2ccc3c(c2)OCO3)cc1. The predicted octanol–water partition coefficient (Wildman–Crippen LogP) is 2.74. The molecule has 3 rings (SSSR count). The molecule has 26 heavy (non-hydrogen) atoms. The third kappa shape index (κ3) is 3.97. The van der Waals surface area contributed by atoms with Gasteiger partial charge in [0.25, 0.3) is 5.91 Å². The van der Waals surface area contributed by atoms with Crippen molar-refractivity contribution in [1.29, 1.82) is 0 Å². The molecule has 0 saturated carbocycles. The number of fused-ring (bicyclic) bond motifs is 1. The molecule has 1 amide bonds. The van der Waals surface area contributed by atoms with Crippen LogP contribution in [0.4, 0.5) is 5.69 Å². The minimum absolute atomic E-state index is 0.123. The monoisotopic (exact) mass is 376 g/mol. The van der Waals surface area contributed by atoms with Crippen LogP contribution < -0.4 is 19.5 Å². The molecule has 0 fully saturated rings. The van der Waals surface area contributed by atoms with Gasteiger partial charge in [-0.05, 0) is 49.7 Å². The van der Waals surface area contributed by atoms with Crippen molar-refractivity contribution in [2.24, 2.45) is 0 Å². The number of hydrogen-bond donors (Lipinski definition) is 2. The first-order valence-corrected chi connectivity index (χ1v) is 9.71. The van der Waals surface area contributed by atoms with Crippen LogP contribution in [-0.4, -0.2) is 27.2 Å². The van der Waals surface area contributed by atoms with Crippen LogP contribution in [0, 0.1) is 0 Å². The summed E-state index contributed by atoms with van der Waals surface area (Å²) in [6.07, 6.45) is 0.690. The maximum absolute atomic E-state index is 12.4. The molecule has 0 unspecified atom stereocenters. The highest BCUT2D eigenvalue weighted by Crippen LogP contribution is 2.34. The van der Waals surface area contributed by atoms with Crippen molar-refractivity contribution < 1.29 is 22.7 Å². The molecule has 0 saturated heterocycles. The van der Waals surface area contributed by atoms with E-state index < -0.39 is 10.0 Å². The highest BCUT2D eigenvalue weighted by Gasteiger charge is 2.18. The lowest BCUT2D eigenvalue weighted by molar-refractivity contribution is 0.102. The number of hydrogen-bond acceptors (Lipinski definition) is 5. The maximum atomic E-state index is 12.4. The number of benzene rings is 2. The normalized spacial score (nSPS) is 14.1. The van der Waals surface area contributed by atoms with E-state index in [4.69, 9.17) is 9.47 Å². The fourth-order valence-electron chi connectivity index (χ4n) is 2.38. The van der Waals surface area contributed by atoms with Crippen molar-refractivity contribution in [2.75, 3.05) is 12.1 Å². The Labute approximate surface area is 152 Å². The summed E-state index contributed by atoms with van der Waals surface area (Å²) in [6, 6.07) is 10.7. The number of anilines is 1. The molecule has 7 nitrogen and oxygen atoms in total. The van der Waals surface area contributed by atoms with Crippen molar-refractivity contribution in [3.63, 3.8) is 0 Å². The molecule has 0 aliphatic carbocycles. The molecular formula is C18H20N2O5S. The third-order valence-electron chi connectivity index (χ3n) is 4.03. The van der Waals surface area contributed by atoms with Gasteiger partial charge in [0.2, 0.25) is 16.8 Å². The maximum Gasteiger partial charge on any atom is 0.255 e. The molecule has 1 atom stereocenters. The Morgan fingerprint density at radius 2 is 1.81 bits per heavy atom. The first-order valence-electron chi connectivity index (χ1n) is 8.22. The van der Waals surface area contributed by atoms with E-state index in [1.807, 2.05) is 6.92 Å². The molecule has 8 heteroatoms. The quantitative estimate of drug-likeness (QED) is 0.808. The first kappa shape index (κ1) is 18.2. The van der Waals surface area contributed by atoms with Gasteiger partial charge in [-0.3, -0.25) is 4.79 Å². The Balaban J connectivity index is 1.71. The van der Waals surface area contributed by atoms with Crippen molar-refractivity contribution in [1.82, 2.24) is 4.72 Å². The van der Waals surface area contributed by atoms with Gasteiger partial charge in [0, 0.05) is 23.4 Å². The molecule has 0 spiro atoms. The summed E-state index contributed by atoms with van der Waals surface area (Å²) < 4.78 is 37.6. The summed E-state index contributed by atoms with van der Waals surface area (Å²) in [5, 5.41) is 2.75. The number of carbonyl (C=O) groups excluding carboxylic acids is 1. The molecule has 1 aliphatic heterocycles. The van der Waals surface area contributed by atoms with Gasteiger partial charge in [-0.2, -0.15) is 0 Å². The molecular weight excluding hydrogens is 356 g/mol. The summed E-state index contributed by atoms with van der Waals surface area (Å²) in [5.41, 5.74) is 0.916. The number of sulfonamides is 1. The van der Waals surface area contributed by atoms with Crippen LogP contribution >= 0.6 is 0 Å². The standard InChI is InChI=1S/C18H20N2O5S/c1-3-12(2)20-26(22,23)15-7-4-13(5-8-15)18(21)19-14-6-9-16-17(10-14)25-11-24-16/h4-10,12,20H,3,11H2,1-2H3,(H,19,21)/t12-/m1/s1. The largest absolute Gasteiger partial charge is 0.454 e. The zero-order valence-corrected chi connectivity index (χ0v) is 15.3. The smallest absolute Gasteiger partial charge is 0.255 e. The fourth-order valence-corrected chi connectivity index (χ4v) is 3.71. The second kappa shape index (κ2) is 7.35. The van der Waals surface area contributed by atoms with Gasteiger partial charge in [-0.15, -0.1) is 0 Å². The van der Waals surface area contributed by atoms with Crippen LogP contribution in [0.2, 0.25) is 0 Å². The van der Waals surface area contributed by atoms with Crippen LogP contribution in [0.1, 0.15) is 30.6 Å². The number of nitrogens with one attached hydrogen (secondary N) is 2. The van der Waals surface area contributed by atoms with E-state index in [9.17, 15) is 13.2 Å². The topological polar surface area (TPSA) is 93.7 Å². The number of ether oxygens (including phenoxy) is 2. The average molecular weight is 376 g/mol. The van der Waals surface area contributed by atoms with E-state index >= 15 is 0 Å². The Kier molecular flexibility index (Phi) is 5.15. The molecule has 1 aliphatic rings. The minimum atomic E-state index is -3.59. The van der Waals surface area contributed by atoms with Crippen molar-refractivity contribution in [3.05, 3.63) is 48.0 Å². The summed E-state index contributed by atoms with van der Waals surface area (Å²) >= 11 is 0. The Bertz CT molecular complexity index is 910. The first-order chi connectivity index (χ1) is 12.4. The Hall–Kier alpha value is -2.58. The van der Waals surface area contributed by atoms with Crippen molar-refractivity contribution >= 4 is 21.6 Å². The molecule has 2 N–H and O–H groups in total. The number of carbonyl (C=O) groups is 1. The molecule has 0 radical (unpaired) electrons. The van der Waals surface area contributed by atoms with Crippen LogP contribution in [0.3, 0.4) is 0 Å². The zero-order chi connectivity index (χ0) is 18.7. The van der Waals surface area contributed by atoms with Gasteiger partial charge >= 0.3 is 0 Å². The van der Waals surface area contributed by atoms with Crippen LogP contribution in [0.25, 0.3) is 0 Å². The van der Waals surface area contributed by atoms with Gasteiger partial charge in [0.15, 0.2) is 11.5 Å². The minimum Gasteiger partial charge on any atom is -0.454 e. The number of rotatable bonds is 6. The van der Waals surface area contributed by atoms with Crippen LogP contribution in [-0.2, 0) is 10.0 Å². The van der Waals surface area contributed by atoms with Gasteiger partial charge in [0.1, 0.15) is 0 Å². The Morgan fingerprint density at radius 3 is 2.50 bits per heavy atom. The van der Waals surface area contributed by atoms with Crippen LogP contribution in [0.5, 0.6) is 11.5 Å². The molecule has 0 bridgehead atoms. The van der Waals surface area contributed by atoms with Crippen LogP contribution in [0.15, 0.2) is 47.4 Å². The third-order valence-corrected chi connectivity index (χ3v) is 5.63. The van der Waals surface area contributed by atoms with Gasteiger partial charge in [0.05, 0.1) is 4.90 Å². The summed E-state index contributed by atoms with van der Waals surface area (Å²) in [7, 11) is -3.59. The van der Waals surface area contributed by atoms with Crippen molar-refractivity contribution in [2.45, 2.75) is 31.2 Å². The molecule has 1 heterocycles. The molecule has 2 aromatic rings. The highest BCUT2D eigenvalue weighted by molar-refractivity contribution is 7.89. The van der Waals surface area contributed by atoms with E-state index in [1.165, 1.54) is 24.3 Å². The van der Waals surface area contributed by atoms with Gasteiger partial charge in [-0.25, -0.2) is 13.1 Å². The lowest BCUT2D eigenvalue weighted by atomic mass is 10.2. The second-order valence-corrected chi connectivity index (χ2v) is 7.69. The van der Waals surface area contributed by atoms with Gasteiger partial charge < -0.3 is 14.8 Å². The Morgan fingerprint density at radius 1 is 1.12 bits per heavy atom. The van der Waals surface area contributed by atoms with Crippen molar-refractivity contribution in [3.8, 4) is 11.5 Å². The summed E-state index contributed by atoms with van der Waals surface area (Å²) in [6.45, 7) is 3.86. The zero-order valence-electron chi connectivity index (χ0n) is 14.5. The van der Waals surface area contributed by atoms with E-state index in [-0.39, 0.29) is 23.6 Å². The molecule has 138 valence electrons. The van der Waals surface area contributed by atoms with E-state index in [1.54, 1.807) is 25.1 Å². The fraction of sp³-hybridized carbons (Fsp3) is 0.278. The van der Waals surface area contributed by atoms with E-state index in [2.05, 4.69) is 10.0 Å². The summed E-state index contributed by atoms with van der Waals surface area (Å²) in [4.78, 5) is 12.5. The summed E-state index contributed by atoms with van der Waals surface area (Å²) in [5.74, 6) is 0.856. The molecule has 2 aromatic carbocycles. The lowest BCUT2D eigenvalue weighted by Crippen LogP contribution is -2.32. The molecule has 0 aromatic heterocycles. The highest BCUT2D eigenvalue weighted by atomic mass is 32.2. The van der Waals surface area contributed by atoms with E-state index in [0.29, 0.717) is 29.2 Å². The van der Waals surface area contributed by atoms with E-state index in [0.717, 1.165) is 0 Å². The lowest BCUT2D eigenvalue weighted by Gasteiger charge is -2.12. The van der Waals surface area contributed by atoms with Gasteiger partial charge in [-0.1, -0.05) is 6.92 Å². The average Bonchev–Trinajstić information content (AvgIpc) is 3.09. The number of amides is 1. The second-order valence-electron chi connectivity index (χ2n) is 5.98. The predicted molar refractivity (Wildman–Crippen MR) is 97.0 cm³/mol.